The molecule has 0 bridgehead atoms. The van der Waals surface area contributed by atoms with Crippen molar-refractivity contribution in [3.63, 3.8) is 0 Å². The summed E-state index contributed by atoms with van der Waals surface area (Å²) < 4.78 is 5.33. The van der Waals surface area contributed by atoms with E-state index in [0.29, 0.717) is 37.3 Å². The number of hydrogen-bond acceptors (Lipinski definition) is 7. The molecule has 2 heterocycles. The zero-order valence-corrected chi connectivity index (χ0v) is 18.3. The molecule has 7 nitrogen and oxygen atoms in total. The second-order valence-corrected chi connectivity index (χ2v) is 9.17. The molecule has 0 radical (unpaired) electrons. The summed E-state index contributed by atoms with van der Waals surface area (Å²) in [6, 6.07) is 10.4. The van der Waals surface area contributed by atoms with Gasteiger partial charge in [0.25, 0.3) is 0 Å². The summed E-state index contributed by atoms with van der Waals surface area (Å²) in [6.45, 7) is 7.70. The van der Waals surface area contributed by atoms with Crippen LogP contribution in [-0.2, 0) is 11.3 Å². The molecule has 1 aromatic heterocycles. The van der Waals surface area contributed by atoms with Crippen LogP contribution >= 0.6 is 11.8 Å². The first kappa shape index (κ1) is 21.6. The largest absolute Gasteiger partial charge is 0.371 e. The van der Waals surface area contributed by atoms with Crippen LogP contribution in [0.15, 0.2) is 34.9 Å². The number of likely N-dealkylation sites (N-methyl/N-ethyl adjacent to an activating group) is 1. The summed E-state index contributed by atoms with van der Waals surface area (Å²) >= 11 is 1.78. The van der Waals surface area contributed by atoms with Crippen molar-refractivity contribution >= 4 is 23.4 Å². The van der Waals surface area contributed by atoms with E-state index in [2.05, 4.69) is 58.5 Å². The van der Waals surface area contributed by atoms with Crippen LogP contribution in [0.25, 0.3) is 0 Å². The van der Waals surface area contributed by atoms with Crippen molar-refractivity contribution in [1.29, 1.82) is 0 Å². The van der Waals surface area contributed by atoms with Crippen molar-refractivity contribution in [2.45, 2.75) is 32.1 Å². The van der Waals surface area contributed by atoms with Gasteiger partial charge in [-0.1, -0.05) is 30.3 Å². The Kier molecular flexibility index (Phi) is 7.94. The van der Waals surface area contributed by atoms with E-state index in [1.807, 2.05) is 18.0 Å². The molecule has 1 aliphatic rings. The number of carbonyl (C=O) groups is 1. The van der Waals surface area contributed by atoms with E-state index in [-0.39, 0.29) is 11.2 Å². The molecular formula is C21H31N5O2S. The van der Waals surface area contributed by atoms with Gasteiger partial charge >= 0.3 is 0 Å². The van der Waals surface area contributed by atoms with Crippen LogP contribution in [0.4, 0.5) is 5.69 Å². The summed E-state index contributed by atoms with van der Waals surface area (Å²) in [4.78, 5) is 21.0. The van der Waals surface area contributed by atoms with Gasteiger partial charge in [0.1, 0.15) is 0 Å². The van der Waals surface area contributed by atoms with Crippen molar-refractivity contribution in [1.82, 2.24) is 20.4 Å². The average molecular weight is 418 g/mol. The first-order chi connectivity index (χ1) is 14.0. The molecule has 158 valence electrons. The average Bonchev–Trinajstić information content (AvgIpc) is 3.37. The molecule has 1 N–H and O–H groups in total. The molecule has 0 spiro atoms. The van der Waals surface area contributed by atoms with E-state index in [1.54, 1.807) is 11.8 Å². The quantitative estimate of drug-likeness (QED) is 0.637. The molecular weight excluding hydrogens is 386 g/mol. The van der Waals surface area contributed by atoms with Crippen molar-refractivity contribution in [3.05, 3.63) is 42.0 Å². The fraction of sp³-hybridized carbons (Fsp3) is 0.571. The van der Waals surface area contributed by atoms with Crippen LogP contribution in [0.1, 0.15) is 37.2 Å². The normalized spacial score (nSPS) is 17.7. The number of aromatic nitrogens is 2. The Balaban J connectivity index is 1.37. The zero-order valence-electron chi connectivity index (χ0n) is 17.5. The van der Waals surface area contributed by atoms with E-state index in [1.165, 1.54) is 5.69 Å². The maximum atomic E-state index is 12.3. The predicted octanol–water partition coefficient (Wildman–Crippen LogP) is 2.96. The molecule has 1 saturated heterocycles. The highest BCUT2D eigenvalue weighted by Gasteiger charge is 2.23. The smallest absolute Gasteiger partial charge is 0.240 e. The van der Waals surface area contributed by atoms with Crippen molar-refractivity contribution in [2.75, 3.05) is 43.9 Å². The highest BCUT2D eigenvalue weighted by molar-refractivity contribution is 7.99. The number of thioether (sulfide) groups is 1. The fourth-order valence-corrected chi connectivity index (χ4v) is 4.29. The number of benzene rings is 1. The Bertz CT molecular complexity index is 769. The molecule has 3 rings (SSSR count). The standard InChI is InChI=1S/C21H31N5O2S/c1-4-29-16(2)21-23-20(28-24-21)15-25(3)14-19(27)22-12-17-10-11-26(13-17)18-8-6-5-7-9-18/h5-9,16-17H,4,10-15H2,1-3H3,(H,22,27)/t16-,17+/m1/s1. The number of nitrogens with one attached hydrogen (secondary N) is 1. The van der Waals surface area contributed by atoms with Crippen molar-refractivity contribution in [3.8, 4) is 0 Å². The van der Waals surface area contributed by atoms with Gasteiger partial charge in [-0.15, -0.1) is 0 Å². The van der Waals surface area contributed by atoms with E-state index >= 15 is 0 Å². The topological polar surface area (TPSA) is 74.5 Å². The second-order valence-electron chi connectivity index (χ2n) is 7.56. The van der Waals surface area contributed by atoms with Crippen molar-refractivity contribution in [2.24, 2.45) is 5.92 Å². The first-order valence-corrected chi connectivity index (χ1v) is 11.3. The summed E-state index contributed by atoms with van der Waals surface area (Å²) in [5.41, 5.74) is 1.26. The highest BCUT2D eigenvalue weighted by Crippen LogP contribution is 2.25. The fourth-order valence-electron chi connectivity index (χ4n) is 3.54. The molecule has 1 aliphatic heterocycles. The Hall–Kier alpha value is -2.06. The second kappa shape index (κ2) is 10.6. The van der Waals surface area contributed by atoms with Gasteiger partial charge in [0.15, 0.2) is 5.82 Å². The number of amides is 1. The van der Waals surface area contributed by atoms with Crippen LogP contribution in [0.2, 0.25) is 0 Å². The lowest BCUT2D eigenvalue weighted by Gasteiger charge is -2.19. The lowest BCUT2D eigenvalue weighted by atomic mass is 10.1. The summed E-state index contributed by atoms with van der Waals surface area (Å²) in [7, 11) is 1.89. The van der Waals surface area contributed by atoms with Gasteiger partial charge in [0.05, 0.1) is 18.3 Å². The van der Waals surface area contributed by atoms with E-state index in [9.17, 15) is 4.79 Å². The maximum absolute atomic E-state index is 12.3. The molecule has 1 amide bonds. The van der Waals surface area contributed by atoms with Crippen LogP contribution in [-0.4, -0.2) is 59.9 Å². The van der Waals surface area contributed by atoms with Gasteiger partial charge in [-0.3, -0.25) is 9.69 Å². The minimum absolute atomic E-state index is 0.0281. The third kappa shape index (κ3) is 6.47. The summed E-state index contributed by atoms with van der Waals surface area (Å²) in [5, 5.41) is 7.34. The lowest BCUT2D eigenvalue weighted by molar-refractivity contribution is -0.122. The molecule has 0 unspecified atom stereocenters. The molecule has 2 aromatic rings. The van der Waals surface area contributed by atoms with Crippen LogP contribution < -0.4 is 10.2 Å². The zero-order chi connectivity index (χ0) is 20.6. The number of hydrogen-bond donors (Lipinski definition) is 1. The van der Waals surface area contributed by atoms with Gasteiger partial charge in [0, 0.05) is 25.3 Å². The lowest BCUT2D eigenvalue weighted by Crippen LogP contribution is -2.38. The van der Waals surface area contributed by atoms with Crippen LogP contribution in [0.3, 0.4) is 0 Å². The summed E-state index contributed by atoms with van der Waals surface area (Å²) in [5.74, 6) is 2.79. The minimum Gasteiger partial charge on any atom is -0.371 e. The van der Waals surface area contributed by atoms with Gasteiger partial charge < -0.3 is 14.7 Å². The Labute approximate surface area is 177 Å². The SMILES string of the molecule is CCS[C@H](C)c1noc(CN(C)CC(=O)NC[C@@H]2CCN(c3ccccc3)C2)n1. The summed E-state index contributed by atoms with van der Waals surface area (Å²) in [6.07, 6.45) is 1.10. The Morgan fingerprint density at radius 2 is 2.21 bits per heavy atom. The maximum Gasteiger partial charge on any atom is 0.240 e. The molecule has 1 aromatic carbocycles. The van der Waals surface area contributed by atoms with Gasteiger partial charge in [0.2, 0.25) is 11.8 Å². The Morgan fingerprint density at radius 3 is 2.97 bits per heavy atom. The minimum atomic E-state index is 0.0281. The van der Waals surface area contributed by atoms with Gasteiger partial charge in [-0.05, 0) is 44.2 Å². The number of rotatable bonds is 10. The van der Waals surface area contributed by atoms with Crippen molar-refractivity contribution < 1.29 is 9.32 Å². The van der Waals surface area contributed by atoms with Crippen LogP contribution in [0.5, 0.6) is 0 Å². The predicted molar refractivity (Wildman–Crippen MR) is 117 cm³/mol. The molecule has 2 atom stereocenters. The monoisotopic (exact) mass is 417 g/mol. The Morgan fingerprint density at radius 1 is 1.41 bits per heavy atom. The first-order valence-electron chi connectivity index (χ1n) is 10.2. The molecule has 1 fully saturated rings. The van der Waals surface area contributed by atoms with Gasteiger partial charge in [-0.2, -0.15) is 16.7 Å². The number of anilines is 1. The van der Waals surface area contributed by atoms with E-state index in [0.717, 1.165) is 25.3 Å². The number of para-hydroxylation sites is 1. The molecule has 0 saturated carbocycles. The van der Waals surface area contributed by atoms with E-state index < -0.39 is 0 Å². The number of nitrogens with zero attached hydrogens (tertiary/aromatic N) is 4. The molecule has 29 heavy (non-hydrogen) atoms. The number of carbonyl (C=O) groups excluding carboxylic acids is 1. The van der Waals surface area contributed by atoms with Gasteiger partial charge in [-0.25, -0.2) is 0 Å². The van der Waals surface area contributed by atoms with Crippen LogP contribution in [0, 0.1) is 5.92 Å². The molecule has 0 aliphatic carbocycles. The third-order valence-corrected chi connectivity index (χ3v) is 6.12. The highest BCUT2D eigenvalue weighted by atomic mass is 32.2. The van der Waals surface area contributed by atoms with E-state index in [4.69, 9.17) is 4.52 Å². The molecule has 8 heteroatoms. The third-order valence-electron chi connectivity index (χ3n) is 5.08.